The first kappa shape index (κ1) is 36.9. The van der Waals surface area contributed by atoms with Gasteiger partial charge in [-0.2, -0.15) is 0 Å². The summed E-state index contributed by atoms with van der Waals surface area (Å²) in [5, 5.41) is 1.88. The van der Waals surface area contributed by atoms with Gasteiger partial charge in [0.15, 0.2) is 0 Å². The van der Waals surface area contributed by atoms with Crippen molar-refractivity contribution in [1.29, 1.82) is 0 Å². The van der Waals surface area contributed by atoms with Crippen LogP contribution in [0.1, 0.15) is 201 Å². The molecule has 3 aliphatic rings. The van der Waals surface area contributed by atoms with Crippen molar-refractivity contribution in [3.8, 4) is 84.3 Å². The maximum absolute atomic E-state index is 10.6. The van der Waals surface area contributed by atoms with Gasteiger partial charge < -0.3 is 4.74 Å². The van der Waals surface area contributed by atoms with Gasteiger partial charge in [0.2, 0.25) is 0 Å². The van der Waals surface area contributed by atoms with E-state index < -0.39 is 116 Å². The highest BCUT2D eigenvalue weighted by atomic mass is 16.5. The molecule has 4 heterocycles. The summed E-state index contributed by atoms with van der Waals surface area (Å²) in [4.78, 5) is 4.89. The molecule has 5 nitrogen and oxygen atoms in total. The summed E-state index contributed by atoms with van der Waals surface area (Å²) in [5.41, 5.74) is -5.85. The lowest BCUT2D eigenvalue weighted by Gasteiger charge is -2.42. The van der Waals surface area contributed by atoms with Crippen LogP contribution in [-0.2, 0) is 32.5 Å². The van der Waals surface area contributed by atoms with Crippen molar-refractivity contribution in [1.82, 2.24) is 14.1 Å². The van der Waals surface area contributed by atoms with E-state index in [0.29, 0.717) is 61.8 Å². The number of ether oxygens (including phenoxy) is 1. The fourth-order valence-corrected chi connectivity index (χ4v) is 14.1. The van der Waals surface area contributed by atoms with Crippen LogP contribution in [0.15, 0.2) is 182 Å². The summed E-state index contributed by atoms with van der Waals surface area (Å²) in [6, 6.07) is 43.2. The topological polar surface area (TPSA) is 35.9 Å². The van der Waals surface area contributed by atoms with Gasteiger partial charge in [0.25, 0.3) is 6.33 Å². The molecule has 0 saturated carbocycles. The van der Waals surface area contributed by atoms with Crippen LogP contribution in [0.25, 0.3) is 106 Å². The van der Waals surface area contributed by atoms with Gasteiger partial charge >= 0.3 is 0 Å². The van der Waals surface area contributed by atoms with Crippen molar-refractivity contribution < 1.29 is 43.6 Å². The molecule has 1 aliphatic heterocycles. The molecule has 0 saturated heterocycles. The first-order valence-corrected chi connectivity index (χ1v) is 31.0. The summed E-state index contributed by atoms with van der Waals surface area (Å²) in [6.07, 6.45) is -2.10. The van der Waals surface area contributed by atoms with Crippen LogP contribution in [0.5, 0.6) is 11.5 Å². The number of nitrogens with zero attached hydrogens (tertiary/aromatic N) is 4. The summed E-state index contributed by atoms with van der Waals surface area (Å²) in [7, 11) is 0. The van der Waals surface area contributed by atoms with E-state index in [-0.39, 0.29) is 50.1 Å². The standard InChI is InChI=1S/C86H86N4O/c1-52-23-21-24-53(2)78(52)56-42-68-66-50-72-71(85(13,14)38-39-86(72,15)16)49-65(66)61-27-17-18-28-62(61)67-41-55(54-31-34-69-70(43-54)84(11,12)37-36-83(69,9)10)45-76-80(67)89(79(68)73(44-56)82(6,7)8)51-88(76)58-25-22-26-59(47-58)91-60-32-33-64-63-29-19-20-30-74(63)90(75(64)48-60)77-46-57(35-40-87-77)81(3,4)5/h17-35,40-50H,36-39H2,1-16H3/i1D3,2D3,9D3,10D3,11D3,12D3,31D,34D,36D2,37D2,43D. The minimum atomic E-state index is -4.60. The van der Waals surface area contributed by atoms with E-state index in [1.54, 1.807) is 47.2 Å². The molecular formula is C86H86N4O. The lowest BCUT2D eigenvalue weighted by atomic mass is 9.62. The van der Waals surface area contributed by atoms with Gasteiger partial charge in [-0.05, 0) is 239 Å². The number of hydrogen-bond donors (Lipinski definition) is 0. The number of hydrogen-bond acceptors (Lipinski definition) is 2. The van der Waals surface area contributed by atoms with Gasteiger partial charge in [-0.1, -0.05) is 200 Å². The number of imidazole rings is 1. The summed E-state index contributed by atoms with van der Waals surface area (Å²) < 4.78 is 246. The lowest BCUT2D eigenvalue weighted by molar-refractivity contribution is -0.572. The van der Waals surface area contributed by atoms with E-state index >= 15 is 0 Å². The van der Waals surface area contributed by atoms with E-state index in [4.69, 9.17) is 26.2 Å². The second-order valence-electron chi connectivity index (χ2n) is 28.4. The fourth-order valence-electron chi connectivity index (χ4n) is 14.1. The van der Waals surface area contributed by atoms with E-state index in [0.717, 1.165) is 51.3 Å². The average molecular weight is 1220 g/mol. The third-order valence-corrected chi connectivity index (χ3v) is 19.1. The number of pyridine rings is 1. The molecule has 0 bridgehead atoms. The highest BCUT2D eigenvalue weighted by molar-refractivity contribution is 6.10. The molecular weight excluding hydrogens is 1100 g/mol. The maximum atomic E-state index is 10.6. The molecule has 9 aromatic carbocycles. The Hall–Kier alpha value is -8.80. The summed E-state index contributed by atoms with van der Waals surface area (Å²) in [6.45, 7) is -2.00. The number of para-hydroxylation sites is 1. The molecule has 0 spiro atoms. The molecule has 0 unspecified atom stereocenters. The minimum Gasteiger partial charge on any atom is -0.458 e. The monoisotopic (exact) mass is 1220 g/mol. The van der Waals surface area contributed by atoms with Crippen LogP contribution in [0, 0.1) is 20.0 Å². The third-order valence-electron chi connectivity index (χ3n) is 19.1. The highest BCUT2D eigenvalue weighted by Crippen LogP contribution is 2.54. The Kier molecular flexibility index (Phi) is 8.25. The van der Waals surface area contributed by atoms with Crippen molar-refractivity contribution in [3.05, 3.63) is 233 Å². The van der Waals surface area contributed by atoms with Gasteiger partial charge in [0, 0.05) is 53.2 Å². The molecule has 0 N–H and O–H groups in total. The largest absolute Gasteiger partial charge is 0.458 e. The summed E-state index contributed by atoms with van der Waals surface area (Å²) in [5.74, 6) is 1.37. The number of rotatable bonds is 6. The Morgan fingerprint density at radius 2 is 1.19 bits per heavy atom. The van der Waals surface area contributed by atoms with Crippen LogP contribution in [-0.4, -0.2) is 14.1 Å². The van der Waals surface area contributed by atoms with Crippen molar-refractivity contribution in [2.45, 2.75) is 168 Å². The number of aryl methyl sites for hydroxylation is 2. The van der Waals surface area contributed by atoms with Crippen molar-refractivity contribution in [2.75, 3.05) is 0 Å². The van der Waals surface area contributed by atoms with Crippen LogP contribution < -0.4 is 9.30 Å². The van der Waals surface area contributed by atoms with Crippen LogP contribution in [0.4, 0.5) is 0 Å². The molecule has 0 fully saturated rings. The SMILES string of the molecule is [2H]c1c([2H])c2c(c([2H])c1-c1cc3c4c(c1)n(-c1cccc(Oc5ccc6c7ccccc7n(-c7cc(C(C)(C)C)ccn7)c6c5)c1)[c-][n+]4-c1c(cc(-c4c(C([2H])([2H])[2H])cccc4C([2H])([2H])[2H])cc1C(C)(C)C)-c1cc4c(cc1-c1ccccc1-3)C(C)(C)CCC4(C)C)C(C([2H])([2H])[2H])(C([2H])([2H])[2H])C([2H])([2H])C([2H])([2H])C2(C([2H])([2H])[2H])C([2H])([2H])[2H]. The first-order valence-electron chi connectivity index (χ1n) is 43.5. The Labute approximate surface area is 574 Å². The van der Waals surface area contributed by atoms with Gasteiger partial charge in [-0.25, -0.2) is 4.98 Å². The number of fused-ring (bicyclic) bond motifs is 12. The predicted octanol–water partition coefficient (Wildman–Crippen LogP) is 22.6. The van der Waals surface area contributed by atoms with Gasteiger partial charge in [-0.3, -0.25) is 13.7 Å². The molecule has 5 heteroatoms. The third kappa shape index (κ3) is 9.53. The second-order valence-corrected chi connectivity index (χ2v) is 28.4. The zero-order chi connectivity index (χ0) is 84.8. The van der Waals surface area contributed by atoms with E-state index in [1.807, 2.05) is 98.1 Å². The molecule has 0 amide bonds. The first-order chi connectivity index (χ1) is 53.4. The quantitative estimate of drug-likeness (QED) is 0.123. The lowest BCUT2D eigenvalue weighted by Crippen LogP contribution is -2.35. The van der Waals surface area contributed by atoms with Crippen LogP contribution in [0.2, 0.25) is 0 Å². The van der Waals surface area contributed by atoms with E-state index in [9.17, 15) is 17.8 Å². The number of aromatic nitrogens is 4. The minimum absolute atomic E-state index is 0.0241. The zero-order valence-electron chi connectivity index (χ0n) is 77.7. The van der Waals surface area contributed by atoms with Crippen LogP contribution in [0.3, 0.4) is 0 Å². The predicted molar refractivity (Wildman–Crippen MR) is 380 cm³/mol. The zero-order valence-corrected chi connectivity index (χ0v) is 52.7. The molecule has 15 rings (SSSR count). The molecule has 2 aliphatic carbocycles. The van der Waals surface area contributed by atoms with Crippen LogP contribution >= 0.6 is 0 Å². The Balaban J connectivity index is 1.12. The molecule has 0 atom stereocenters. The molecule has 0 radical (unpaired) electrons. The van der Waals surface area contributed by atoms with Crippen molar-refractivity contribution in [2.24, 2.45) is 0 Å². The molecule has 12 aromatic rings. The molecule has 456 valence electrons. The summed E-state index contributed by atoms with van der Waals surface area (Å²) >= 11 is 0. The molecule has 91 heavy (non-hydrogen) atoms. The fraction of sp³-hybridized carbons (Fsp3) is 0.302. The second kappa shape index (κ2) is 20.4. The number of benzene rings is 9. The van der Waals surface area contributed by atoms with E-state index in [2.05, 4.69) is 77.6 Å². The van der Waals surface area contributed by atoms with Gasteiger partial charge in [0.1, 0.15) is 17.3 Å². The van der Waals surface area contributed by atoms with Crippen molar-refractivity contribution in [3.63, 3.8) is 0 Å². The van der Waals surface area contributed by atoms with Gasteiger partial charge in [-0.15, -0.1) is 0 Å². The Bertz CT molecular complexity index is 6060. The average Bonchev–Trinajstić information content (AvgIpc) is 0.766. The Morgan fingerprint density at radius 3 is 1.89 bits per heavy atom. The molecule has 3 aromatic heterocycles. The van der Waals surface area contributed by atoms with Gasteiger partial charge in [0.05, 0.1) is 37.6 Å². The van der Waals surface area contributed by atoms with E-state index in [1.165, 1.54) is 30.3 Å². The Morgan fingerprint density at radius 1 is 0.538 bits per heavy atom. The van der Waals surface area contributed by atoms with Crippen molar-refractivity contribution >= 4 is 32.8 Å². The normalized spacial score (nSPS) is 22.1. The maximum Gasteiger partial charge on any atom is 0.269 e. The highest BCUT2D eigenvalue weighted by Gasteiger charge is 2.41. The smallest absolute Gasteiger partial charge is 0.269 e.